The molecule has 1 aromatic rings. The standard InChI is InChI=1S/C7H11N5/c1-6-7(2)12(5-9-6)4-3-10-11-8/h5H,3-4H2,1-2H3. The number of hydrogen-bond acceptors (Lipinski definition) is 2. The van der Waals surface area contributed by atoms with Crippen LogP contribution in [0.15, 0.2) is 11.4 Å². The molecule has 64 valence electrons. The van der Waals surface area contributed by atoms with Gasteiger partial charge in [0.1, 0.15) is 0 Å². The van der Waals surface area contributed by atoms with Crippen molar-refractivity contribution in [3.8, 4) is 0 Å². The van der Waals surface area contributed by atoms with Crippen molar-refractivity contribution in [3.05, 3.63) is 28.2 Å². The van der Waals surface area contributed by atoms with E-state index >= 15 is 0 Å². The average Bonchev–Trinajstić information content (AvgIpc) is 2.36. The third kappa shape index (κ3) is 1.77. The molecule has 5 nitrogen and oxygen atoms in total. The van der Waals surface area contributed by atoms with Crippen LogP contribution >= 0.6 is 0 Å². The van der Waals surface area contributed by atoms with Crippen molar-refractivity contribution in [2.24, 2.45) is 5.11 Å². The van der Waals surface area contributed by atoms with Crippen molar-refractivity contribution in [1.29, 1.82) is 0 Å². The summed E-state index contributed by atoms with van der Waals surface area (Å²) in [6.45, 7) is 5.14. The van der Waals surface area contributed by atoms with Gasteiger partial charge >= 0.3 is 0 Å². The molecule has 12 heavy (non-hydrogen) atoms. The highest BCUT2D eigenvalue weighted by Gasteiger charge is 1.99. The summed E-state index contributed by atoms with van der Waals surface area (Å²) >= 11 is 0. The summed E-state index contributed by atoms with van der Waals surface area (Å²) in [6.07, 6.45) is 1.76. The van der Waals surface area contributed by atoms with Gasteiger partial charge in [-0.05, 0) is 19.4 Å². The molecule has 0 aromatic carbocycles. The Morgan fingerprint density at radius 1 is 1.67 bits per heavy atom. The maximum Gasteiger partial charge on any atom is 0.0951 e. The Morgan fingerprint density at radius 3 is 2.92 bits per heavy atom. The summed E-state index contributed by atoms with van der Waals surface area (Å²) in [7, 11) is 0. The number of rotatable bonds is 3. The van der Waals surface area contributed by atoms with E-state index in [4.69, 9.17) is 5.53 Å². The Bertz CT molecular complexity index is 308. The summed E-state index contributed by atoms with van der Waals surface area (Å²) in [5, 5.41) is 3.45. The van der Waals surface area contributed by atoms with Gasteiger partial charge in [-0.2, -0.15) is 0 Å². The molecule has 0 saturated heterocycles. The average molecular weight is 165 g/mol. The molecule has 0 spiro atoms. The molecule has 0 radical (unpaired) electrons. The van der Waals surface area contributed by atoms with E-state index in [9.17, 15) is 0 Å². The number of hydrogen-bond donors (Lipinski definition) is 0. The number of azide groups is 1. The van der Waals surface area contributed by atoms with E-state index in [-0.39, 0.29) is 0 Å². The molecule has 1 heterocycles. The third-order valence-electron chi connectivity index (χ3n) is 1.85. The van der Waals surface area contributed by atoms with Gasteiger partial charge in [0.2, 0.25) is 0 Å². The minimum atomic E-state index is 0.479. The Balaban J connectivity index is 2.63. The molecule has 0 amide bonds. The maximum atomic E-state index is 8.05. The monoisotopic (exact) mass is 165 g/mol. The quantitative estimate of drug-likeness (QED) is 0.382. The molecule has 5 heteroatoms. The first kappa shape index (κ1) is 8.62. The molecule has 0 atom stereocenters. The number of nitrogens with zero attached hydrogens (tertiary/aromatic N) is 5. The minimum absolute atomic E-state index is 0.479. The summed E-state index contributed by atoms with van der Waals surface area (Å²) in [5.41, 5.74) is 10.2. The van der Waals surface area contributed by atoms with Gasteiger partial charge in [0.05, 0.1) is 12.0 Å². The lowest BCUT2D eigenvalue weighted by Crippen LogP contribution is -2.01. The maximum absolute atomic E-state index is 8.05. The van der Waals surface area contributed by atoms with Gasteiger partial charge in [-0.15, -0.1) is 0 Å². The second kappa shape index (κ2) is 3.78. The van der Waals surface area contributed by atoms with Crippen LogP contribution < -0.4 is 0 Å². The molecule has 0 aliphatic rings. The van der Waals surface area contributed by atoms with E-state index in [0.717, 1.165) is 11.4 Å². The molecule has 0 aliphatic heterocycles. The van der Waals surface area contributed by atoms with Crippen molar-refractivity contribution >= 4 is 0 Å². The Morgan fingerprint density at radius 2 is 2.42 bits per heavy atom. The number of aromatic nitrogens is 2. The summed E-state index contributed by atoms with van der Waals surface area (Å²) in [5.74, 6) is 0. The van der Waals surface area contributed by atoms with Crippen LogP contribution in [0.4, 0.5) is 0 Å². The second-order valence-electron chi connectivity index (χ2n) is 2.56. The zero-order chi connectivity index (χ0) is 8.97. The van der Waals surface area contributed by atoms with Crippen LogP contribution in [0.2, 0.25) is 0 Å². The van der Waals surface area contributed by atoms with Crippen molar-refractivity contribution in [2.75, 3.05) is 6.54 Å². The Hall–Kier alpha value is -1.48. The summed E-state index contributed by atoms with van der Waals surface area (Å²) in [4.78, 5) is 6.80. The fraction of sp³-hybridized carbons (Fsp3) is 0.571. The van der Waals surface area contributed by atoms with E-state index in [1.54, 1.807) is 6.33 Å². The predicted molar refractivity (Wildman–Crippen MR) is 45.7 cm³/mol. The molecule has 0 N–H and O–H groups in total. The first-order valence-corrected chi connectivity index (χ1v) is 3.75. The van der Waals surface area contributed by atoms with Crippen LogP contribution in [-0.2, 0) is 6.54 Å². The second-order valence-corrected chi connectivity index (χ2v) is 2.56. The van der Waals surface area contributed by atoms with Gasteiger partial charge < -0.3 is 4.57 Å². The van der Waals surface area contributed by atoms with Crippen molar-refractivity contribution in [3.63, 3.8) is 0 Å². The SMILES string of the molecule is Cc1ncn(CCN=[N+]=[N-])c1C. The van der Waals surface area contributed by atoms with Gasteiger partial charge in [0, 0.05) is 23.7 Å². The van der Waals surface area contributed by atoms with Crippen molar-refractivity contribution < 1.29 is 0 Å². The van der Waals surface area contributed by atoms with Gasteiger partial charge in [-0.25, -0.2) is 4.98 Å². The molecule has 1 aromatic heterocycles. The molecule has 0 unspecified atom stereocenters. The van der Waals surface area contributed by atoms with Gasteiger partial charge in [0.25, 0.3) is 0 Å². The smallest absolute Gasteiger partial charge is 0.0951 e. The lowest BCUT2D eigenvalue weighted by Gasteiger charge is -2.00. The summed E-state index contributed by atoms with van der Waals surface area (Å²) < 4.78 is 1.98. The molecule has 1 rings (SSSR count). The van der Waals surface area contributed by atoms with Crippen LogP contribution in [0, 0.1) is 13.8 Å². The van der Waals surface area contributed by atoms with E-state index in [2.05, 4.69) is 15.0 Å². The molecule has 0 bridgehead atoms. The predicted octanol–water partition coefficient (Wildman–Crippen LogP) is 1.81. The highest BCUT2D eigenvalue weighted by molar-refractivity contribution is 5.08. The molecular formula is C7H11N5. The van der Waals surface area contributed by atoms with Gasteiger partial charge in [0.15, 0.2) is 0 Å². The lowest BCUT2D eigenvalue weighted by molar-refractivity contribution is 0.686. The summed E-state index contributed by atoms with van der Waals surface area (Å²) in [6, 6.07) is 0. The number of imidazole rings is 1. The molecule has 0 saturated carbocycles. The van der Waals surface area contributed by atoms with Crippen LogP contribution in [0.1, 0.15) is 11.4 Å². The van der Waals surface area contributed by atoms with Gasteiger partial charge in [-0.3, -0.25) is 0 Å². The lowest BCUT2D eigenvalue weighted by atomic mass is 10.4. The largest absolute Gasteiger partial charge is 0.334 e. The fourth-order valence-electron chi connectivity index (χ4n) is 0.967. The fourth-order valence-corrected chi connectivity index (χ4v) is 0.967. The van der Waals surface area contributed by atoms with E-state index < -0.39 is 0 Å². The first-order valence-electron chi connectivity index (χ1n) is 3.75. The van der Waals surface area contributed by atoms with Crippen LogP contribution in [0.25, 0.3) is 10.4 Å². The van der Waals surface area contributed by atoms with Crippen LogP contribution in [-0.4, -0.2) is 16.1 Å². The van der Waals surface area contributed by atoms with Gasteiger partial charge in [-0.1, -0.05) is 5.11 Å². The van der Waals surface area contributed by atoms with Crippen molar-refractivity contribution in [2.45, 2.75) is 20.4 Å². The molecular weight excluding hydrogens is 154 g/mol. The van der Waals surface area contributed by atoms with E-state index in [0.29, 0.717) is 13.1 Å². The van der Waals surface area contributed by atoms with Crippen LogP contribution in [0.3, 0.4) is 0 Å². The number of aryl methyl sites for hydroxylation is 1. The topological polar surface area (TPSA) is 66.6 Å². The van der Waals surface area contributed by atoms with E-state index in [1.165, 1.54) is 0 Å². The zero-order valence-electron chi connectivity index (χ0n) is 7.23. The minimum Gasteiger partial charge on any atom is -0.334 e. The Kier molecular flexibility index (Phi) is 2.71. The highest BCUT2D eigenvalue weighted by Crippen LogP contribution is 2.03. The third-order valence-corrected chi connectivity index (χ3v) is 1.85. The van der Waals surface area contributed by atoms with Crippen molar-refractivity contribution in [1.82, 2.24) is 9.55 Å². The first-order chi connectivity index (χ1) is 5.75. The normalized spacial score (nSPS) is 9.50. The van der Waals surface area contributed by atoms with E-state index in [1.807, 2.05) is 18.4 Å². The highest BCUT2D eigenvalue weighted by atomic mass is 15.2. The molecule has 0 aliphatic carbocycles. The Labute approximate surface area is 70.7 Å². The molecule has 0 fully saturated rings. The zero-order valence-corrected chi connectivity index (χ0v) is 7.23. The van der Waals surface area contributed by atoms with Crippen LogP contribution in [0.5, 0.6) is 0 Å².